The number of piperidine rings is 1. The minimum atomic E-state index is -0.519. The molecule has 0 bridgehead atoms. The van der Waals surface area contributed by atoms with Gasteiger partial charge in [-0.2, -0.15) is 0 Å². The molecule has 2 atom stereocenters. The molecule has 114 valence electrons. The van der Waals surface area contributed by atoms with Crippen LogP contribution in [0.3, 0.4) is 0 Å². The Balaban J connectivity index is 1.75. The molecule has 1 N–H and O–H groups in total. The number of carbonyl (C=O) groups excluding carboxylic acids is 1. The zero-order valence-corrected chi connectivity index (χ0v) is 13.0. The molecular weight excluding hydrogens is 288 g/mol. The van der Waals surface area contributed by atoms with Gasteiger partial charge in [-0.1, -0.05) is 23.7 Å². The second-order valence-electron chi connectivity index (χ2n) is 6.11. The Morgan fingerprint density at radius 1 is 1.38 bits per heavy atom. The van der Waals surface area contributed by atoms with Gasteiger partial charge >= 0.3 is 0 Å². The molecule has 2 aliphatic heterocycles. The van der Waals surface area contributed by atoms with E-state index in [4.69, 9.17) is 11.6 Å². The van der Waals surface area contributed by atoms with E-state index in [0.29, 0.717) is 26.1 Å². The zero-order valence-electron chi connectivity index (χ0n) is 12.3. The van der Waals surface area contributed by atoms with Gasteiger partial charge in [0.05, 0.1) is 12.0 Å². The molecule has 0 aliphatic carbocycles. The van der Waals surface area contributed by atoms with Gasteiger partial charge in [0, 0.05) is 31.2 Å². The molecule has 5 heteroatoms. The summed E-state index contributed by atoms with van der Waals surface area (Å²) in [6.07, 6.45) is 0.942. The van der Waals surface area contributed by atoms with E-state index in [1.807, 2.05) is 30.1 Å². The maximum atomic E-state index is 12.7. The van der Waals surface area contributed by atoms with E-state index < -0.39 is 6.10 Å². The lowest BCUT2D eigenvalue weighted by atomic mass is 9.92. The van der Waals surface area contributed by atoms with Gasteiger partial charge in [-0.15, -0.1) is 0 Å². The van der Waals surface area contributed by atoms with Crippen LogP contribution in [0.2, 0.25) is 5.02 Å². The summed E-state index contributed by atoms with van der Waals surface area (Å²) in [6.45, 7) is 2.77. The van der Waals surface area contributed by atoms with Crippen LogP contribution >= 0.6 is 11.6 Å². The van der Waals surface area contributed by atoms with Crippen molar-refractivity contribution in [2.75, 3.05) is 26.7 Å². The standard InChI is InChI=1S/C16H21ClN2O2/c1-18-7-6-15(20)13(10-18)16(21)19-8-5-12-11(9-19)3-2-4-14(12)17/h2-4,13,15,20H,5-10H2,1H3/t13-,15-/m1/s1. The van der Waals surface area contributed by atoms with Crippen LogP contribution in [-0.4, -0.2) is 53.6 Å². The van der Waals surface area contributed by atoms with Gasteiger partial charge in [-0.05, 0) is 37.1 Å². The smallest absolute Gasteiger partial charge is 0.229 e. The third-order valence-electron chi connectivity index (χ3n) is 4.62. The fourth-order valence-corrected chi connectivity index (χ4v) is 3.62. The average molecular weight is 309 g/mol. The lowest BCUT2D eigenvalue weighted by Crippen LogP contribution is -2.50. The number of likely N-dealkylation sites (tertiary alicyclic amines) is 1. The lowest BCUT2D eigenvalue weighted by molar-refractivity contribution is -0.143. The van der Waals surface area contributed by atoms with Crippen LogP contribution in [-0.2, 0) is 17.8 Å². The first-order valence-electron chi connectivity index (χ1n) is 7.48. The van der Waals surface area contributed by atoms with Crippen LogP contribution in [0.25, 0.3) is 0 Å². The number of fused-ring (bicyclic) bond motifs is 1. The molecule has 1 aromatic rings. The molecule has 1 saturated heterocycles. The lowest BCUT2D eigenvalue weighted by Gasteiger charge is -2.38. The number of aliphatic hydroxyl groups excluding tert-OH is 1. The molecule has 4 nitrogen and oxygen atoms in total. The first-order chi connectivity index (χ1) is 10.1. The van der Waals surface area contributed by atoms with Crippen LogP contribution < -0.4 is 0 Å². The average Bonchev–Trinajstić information content (AvgIpc) is 2.49. The predicted octanol–water partition coefficient (Wildman–Crippen LogP) is 1.54. The quantitative estimate of drug-likeness (QED) is 0.856. The summed E-state index contributed by atoms with van der Waals surface area (Å²) >= 11 is 6.21. The normalized spacial score (nSPS) is 26.5. The fraction of sp³-hybridized carbons (Fsp3) is 0.562. The van der Waals surface area contributed by atoms with Crippen LogP contribution in [0.5, 0.6) is 0 Å². The zero-order chi connectivity index (χ0) is 15.0. The first-order valence-corrected chi connectivity index (χ1v) is 7.85. The third-order valence-corrected chi connectivity index (χ3v) is 4.97. The highest BCUT2D eigenvalue weighted by atomic mass is 35.5. The van der Waals surface area contributed by atoms with E-state index in [1.54, 1.807) is 0 Å². The Kier molecular flexibility index (Phi) is 4.20. The number of halogens is 1. The predicted molar refractivity (Wildman–Crippen MR) is 82.2 cm³/mol. The van der Waals surface area contributed by atoms with Gasteiger partial charge in [-0.3, -0.25) is 4.79 Å². The number of rotatable bonds is 1. The number of aliphatic hydroxyl groups is 1. The van der Waals surface area contributed by atoms with Crippen molar-refractivity contribution < 1.29 is 9.90 Å². The molecule has 1 aromatic carbocycles. The summed E-state index contributed by atoms with van der Waals surface area (Å²) in [7, 11) is 2.00. The second kappa shape index (κ2) is 5.95. The molecular formula is C16H21ClN2O2. The second-order valence-corrected chi connectivity index (χ2v) is 6.52. The molecule has 1 fully saturated rings. The Morgan fingerprint density at radius 2 is 2.19 bits per heavy atom. The van der Waals surface area contributed by atoms with Gasteiger partial charge < -0.3 is 14.9 Å². The summed E-state index contributed by atoms with van der Waals surface area (Å²) in [4.78, 5) is 16.7. The highest BCUT2D eigenvalue weighted by molar-refractivity contribution is 6.31. The molecule has 2 heterocycles. The van der Waals surface area contributed by atoms with E-state index in [0.717, 1.165) is 29.1 Å². The highest BCUT2D eigenvalue weighted by Crippen LogP contribution is 2.28. The van der Waals surface area contributed by atoms with Gasteiger partial charge in [0.2, 0.25) is 5.91 Å². The molecule has 1 amide bonds. The van der Waals surface area contributed by atoms with Gasteiger partial charge in [0.25, 0.3) is 0 Å². The largest absolute Gasteiger partial charge is 0.392 e. The van der Waals surface area contributed by atoms with Crippen LogP contribution in [0.4, 0.5) is 0 Å². The summed E-state index contributed by atoms with van der Waals surface area (Å²) < 4.78 is 0. The molecule has 3 rings (SSSR count). The summed E-state index contributed by atoms with van der Waals surface area (Å²) in [5, 5.41) is 10.9. The number of hydrogen-bond acceptors (Lipinski definition) is 3. The third kappa shape index (κ3) is 2.93. The van der Waals surface area contributed by atoms with Crippen molar-refractivity contribution in [3.05, 3.63) is 34.3 Å². The fourth-order valence-electron chi connectivity index (χ4n) is 3.33. The van der Waals surface area contributed by atoms with Crippen molar-refractivity contribution in [2.24, 2.45) is 5.92 Å². The summed E-state index contributed by atoms with van der Waals surface area (Å²) in [5.41, 5.74) is 2.28. The Morgan fingerprint density at radius 3 is 3.00 bits per heavy atom. The molecule has 0 spiro atoms. The maximum Gasteiger partial charge on any atom is 0.229 e. The summed E-state index contributed by atoms with van der Waals surface area (Å²) in [6, 6.07) is 5.86. The monoisotopic (exact) mass is 308 g/mol. The van der Waals surface area contributed by atoms with E-state index in [1.165, 1.54) is 0 Å². The molecule has 2 aliphatic rings. The minimum Gasteiger partial charge on any atom is -0.392 e. The van der Waals surface area contributed by atoms with Crippen molar-refractivity contribution in [3.8, 4) is 0 Å². The Bertz CT molecular complexity index is 549. The molecule has 0 saturated carbocycles. The molecule has 0 radical (unpaired) electrons. The number of hydrogen-bond donors (Lipinski definition) is 1. The van der Waals surface area contributed by atoms with Gasteiger partial charge in [0.1, 0.15) is 0 Å². The number of amides is 1. The highest BCUT2D eigenvalue weighted by Gasteiger charge is 2.35. The SMILES string of the molecule is CN1CC[C@@H](O)[C@H](C(=O)N2CCc3c(Cl)cccc3C2)C1. The van der Waals surface area contributed by atoms with E-state index >= 15 is 0 Å². The number of nitrogens with zero attached hydrogens (tertiary/aromatic N) is 2. The molecule has 21 heavy (non-hydrogen) atoms. The van der Waals surface area contributed by atoms with Crippen molar-refractivity contribution in [3.63, 3.8) is 0 Å². The van der Waals surface area contributed by atoms with Crippen LogP contribution in [0, 0.1) is 5.92 Å². The van der Waals surface area contributed by atoms with Crippen molar-refractivity contribution in [1.29, 1.82) is 0 Å². The van der Waals surface area contributed by atoms with Gasteiger partial charge in [-0.25, -0.2) is 0 Å². The Hall–Kier alpha value is -1.10. The number of benzene rings is 1. The summed E-state index contributed by atoms with van der Waals surface area (Å²) in [5.74, 6) is -0.232. The minimum absolute atomic E-state index is 0.0691. The number of carbonyl (C=O) groups is 1. The van der Waals surface area contributed by atoms with Crippen molar-refractivity contribution >= 4 is 17.5 Å². The molecule has 0 aromatic heterocycles. The van der Waals surface area contributed by atoms with E-state index in [9.17, 15) is 9.90 Å². The van der Waals surface area contributed by atoms with Gasteiger partial charge in [0.15, 0.2) is 0 Å². The molecule has 0 unspecified atom stereocenters. The van der Waals surface area contributed by atoms with Crippen LogP contribution in [0.15, 0.2) is 18.2 Å². The van der Waals surface area contributed by atoms with Crippen LogP contribution in [0.1, 0.15) is 17.5 Å². The topological polar surface area (TPSA) is 43.8 Å². The van der Waals surface area contributed by atoms with E-state index in [-0.39, 0.29) is 11.8 Å². The first kappa shape index (κ1) is 14.8. The van der Waals surface area contributed by atoms with E-state index in [2.05, 4.69) is 4.90 Å². The van der Waals surface area contributed by atoms with Crippen molar-refractivity contribution in [1.82, 2.24) is 9.80 Å². The van der Waals surface area contributed by atoms with Crippen molar-refractivity contribution in [2.45, 2.75) is 25.5 Å². The Labute approximate surface area is 130 Å². The maximum absolute atomic E-state index is 12.7.